The van der Waals surface area contributed by atoms with Crippen LogP contribution < -0.4 is 10.5 Å². The lowest BCUT2D eigenvalue weighted by atomic mass is 10.5. The van der Waals surface area contributed by atoms with E-state index in [4.69, 9.17) is 5.73 Å². The predicted octanol–water partition coefficient (Wildman–Crippen LogP) is 0.162. The average Bonchev–Trinajstić information content (AvgIpc) is 2.16. The number of hydrogen-bond donors (Lipinski definition) is 2. The van der Waals surface area contributed by atoms with Gasteiger partial charge in [-0.05, 0) is 12.1 Å². The lowest BCUT2D eigenvalue weighted by Crippen LogP contribution is -2.29. The van der Waals surface area contributed by atoms with E-state index >= 15 is 0 Å². The van der Waals surface area contributed by atoms with E-state index in [0.717, 1.165) is 0 Å². The third-order valence-electron chi connectivity index (χ3n) is 1.40. The molecule has 1 rings (SSSR count). The third kappa shape index (κ3) is 5.29. The Morgan fingerprint density at radius 2 is 1.80 bits per heavy atom. The molecule has 0 spiro atoms. The second kappa shape index (κ2) is 7.84. The monoisotopic (exact) mass is 273 g/mol. The molecule has 0 aliphatic rings. The molecule has 1 aromatic heterocycles. The van der Waals surface area contributed by atoms with Crippen LogP contribution in [0.4, 0.5) is 0 Å². The number of nitrogens with two attached hydrogens (primary N) is 1. The Labute approximate surface area is 101 Å². The SMILES string of the molecule is Cl.Cl.NCCNS(=O)(=O)c1ccncc1. The van der Waals surface area contributed by atoms with Crippen LogP contribution >= 0.6 is 24.8 Å². The normalized spacial score (nSPS) is 9.93. The summed E-state index contributed by atoms with van der Waals surface area (Å²) in [5, 5.41) is 0. The molecule has 5 nitrogen and oxygen atoms in total. The fraction of sp³-hybridized carbons (Fsp3) is 0.286. The van der Waals surface area contributed by atoms with Gasteiger partial charge in [0.2, 0.25) is 10.0 Å². The Morgan fingerprint density at radius 1 is 1.27 bits per heavy atom. The maximum Gasteiger partial charge on any atom is 0.240 e. The van der Waals surface area contributed by atoms with E-state index in [0.29, 0.717) is 0 Å². The molecule has 0 aliphatic carbocycles. The van der Waals surface area contributed by atoms with Gasteiger partial charge in [-0.25, -0.2) is 13.1 Å². The standard InChI is InChI=1S/C7H11N3O2S.2ClH/c8-3-6-10-13(11,12)7-1-4-9-5-2-7;;/h1-2,4-5,10H,3,6,8H2;2*1H. The maximum atomic E-state index is 11.4. The number of hydrogen-bond acceptors (Lipinski definition) is 4. The van der Waals surface area contributed by atoms with E-state index in [1.807, 2.05) is 0 Å². The first-order valence-corrected chi connectivity index (χ1v) is 5.25. The second-order valence-electron chi connectivity index (χ2n) is 2.37. The van der Waals surface area contributed by atoms with Crippen molar-refractivity contribution < 1.29 is 8.42 Å². The van der Waals surface area contributed by atoms with Gasteiger partial charge in [-0.2, -0.15) is 0 Å². The van der Waals surface area contributed by atoms with Crippen molar-refractivity contribution >= 4 is 34.8 Å². The van der Waals surface area contributed by atoms with Gasteiger partial charge in [0.05, 0.1) is 4.90 Å². The number of rotatable bonds is 4. The van der Waals surface area contributed by atoms with E-state index in [9.17, 15) is 8.42 Å². The first-order valence-electron chi connectivity index (χ1n) is 3.76. The highest BCUT2D eigenvalue weighted by Gasteiger charge is 2.11. The summed E-state index contributed by atoms with van der Waals surface area (Å²) >= 11 is 0. The van der Waals surface area contributed by atoms with Gasteiger partial charge in [-0.15, -0.1) is 24.8 Å². The molecular formula is C7H13Cl2N3O2S. The Hall–Kier alpha value is -0.400. The first kappa shape index (κ1) is 17.0. The molecule has 0 fully saturated rings. The Bertz CT molecular complexity index is 358. The quantitative estimate of drug-likeness (QED) is 0.819. The van der Waals surface area contributed by atoms with Gasteiger partial charge in [0, 0.05) is 25.5 Å². The van der Waals surface area contributed by atoms with Crippen molar-refractivity contribution in [3.8, 4) is 0 Å². The Balaban J connectivity index is 0. The van der Waals surface area contributed by atoms with Crippen molar-refractivity contribution in [2.75, 3.05) is 13.1 Å². The largest absolute Gasteiger partial charge is 0.329 e. The summed E-state index contributed by atoms with van der Waals surface area (Å²) in [6.45, 7) is 0.523. The van der Waals surface area contributed by atoms with Gasteiger partial charge < -0.3 is 5.73 Å². The number of pyridine rings is 1. The average molecular weight is 274 g/mol. The van der Waals surface area contributed by atoms with Crippen LogP contribution in [0.1, 0.15) is 0 Å². The molecule has 88 valence electrons. The number of halogens is 2. The highest BCUT2D eigenvalue weighted by molar-refractivity contribution is 7.89. The lowest BCUT2D eigenvalue weighted by Gasteiger charge is -2.03. The minimum Gasteiger partial charge on any atom is -0.329 e. The van der Waals surface area contributed by atoms with E-state index < -0.39 is 10.0 Å². The van der Waals surface area contributed by atoms with Crippen molar-refractivity contribution in [3.63, 3.8) is 0 Å². The van der Waals surface area contributed by atoms with Crippen LogP contribution in [0.2, 0.25) is 0 Å². The topological polar surface area (TPSA) is 85.1 Å². The van der Waals surface area contributed by atoms with Crippen molar-refractivity contribution in [2.24, 2.45) is 5.73 Å². The summed E-state index contributed by atoms with van der Waals surface area (Å²) in [5.41, 5.74) is 5.17. The van der Waals surface area contributed by atoms with E-state index in [2.05, 4.69) is 9.71 Å². The zero-order valence-corrected chi connectivity index (χ0v) is 10.2. The summed E-state index contributed by atoms with van der Waals surface area (Å²) in [4.78, 5) is 3.93. The van der Waals surface area contributed by atoms with Crippen LogP contribution in [0.5, 0.6) is 0 Å². The van der Waals surface area contributed by atoms with Crippen molar-refractivity contribution in [2.45, 2.75) is 4.90 Å². The maximum absolute atomic E-state index is 11.4. The second-order valence-corrected chi connectivity index (χ2v) is 4.14. The van der Waals surface area contributed by atoms with Crippen LogP contribution in [-0.4, -0.2) is 26.5 Å². The molecule has 0 saturated heterocycles. The molecule has 1 aromatic rings. The van der Waals surface area contributed by atoms with Crippen LogP contribution in [0, 0.1) is 0 Å². The molecule has 8 heteroatoms. The predicted molar refractivity (Wildman–Crippen MR) is 63.0 cm³/mol. The molecule has 0 bridgehead atoms. The van der Waals surface area contributed by atoms with Crippen molar-refractivity contribution in [1.29, 1.82) is 0 Å². The minimum absolute atomic E-state index is 0. The molecule has 0 aromatic carbocycles. The molecule has 0 unspecified atom stereocenters. The van der Waals surface area contributed by atoms with E-state index in [1.54, 1.807) is 0 Å². The number of sulfonamides is 1. The van der Waals surface area contributed by atoms with Crippen LogP contribution in [0.3, 0.4) is 0 Å². The van der Waals surface area contributed by atoms with Gasteiger partial charge >= 0.3 is 0 Å². The highest BCUT2D eigenvalue weighted by Crippen LogP contribution is 2.04. The lowest BCUT2D eigenvalue weighted by molar-refractivity contribution is 0.582. The van der Waals surface area contributed by atoms with Crippen LogP contribution in [0.15, 0.2) is 29.4 Å². The van der Waals surface area contributed by atoms with Gasteiger partial charge in [0.25, 0.3) is 0 Å². The third-order valence-corrected chi connectivity index (χ3v) is 2.87. The Morgan fingerprint density at radius 3 is 2.27 bits per heavy atom. The minimum atomic E-state index is -3.39. The Kier molecular flexibility index (Phi) is 8.89. The first-order chi connectivity index (χ1) is 6.17. The fourth-order valence-corrected chi connectivity index (χ4v) is 1.83. The molecule has 0 radical (unpaired) electrons. The summed E-state index contributed by atoms with van der Waals surface area (Å²) in [6.07, 6.45) is 2.86. The molecule has 0 saturated carbocycles. The van der Waals surface area contributed by atoms with Crippen molar-refractivity contribution in [1.82, 2.24) is 9.71 Å². The van der Waals surface area contributed by atoms with Gasteiger partial charge in [-0.1, -0.05) is 0 Å². The van der Waals surface area contributed by atoms with Crippen molar-refractivity contribution in [3.05, 3.63) is 24.5 Å². The zero-order chi connectivity index (χ0) is 9.73. The molecule has 0 amide bonds. The zero-order valence-electron chi connectivity index (χ0n) is 7.79. The molecule has 3 N–H and O–H groups in total. The molecule has 0 atom stereocenters. The fourth-order valence-electron chi connectivity index (χ4n) is 0.794. The summed E-state index contributed by atoms with van der Waals surface area (Å²) < 4.78 is 25.1. The van der Waals surface area contributed by atoms with Gasteiger partial charge in [0.15, 0.2) is 0 Å². The smallest absolute Gasteiger partial charge is 0.240 e. The van der Waals surface area contributed by atoms with E-state index in [-0.39, 0.29) is 42.8 Å². The molecule has 1 heterocycles. The number of nitrogens with one attached hydrogen (secondary N) is 1. The van der Waals surface area contributed by atoms with Crippen LogP contribution in [-0.2, 0) is 10.0 Å². The molecular weight excluding hydrogens is 261 g/mol. The number of aromatic nitrogens is 1. The van der Waals surface area contributed by atoms with E-state index in [1.165, 1.54) is 24.5 Å². The summed E-state index contributed by atoms with van der Waals surface area (Å²) in [5.74, 6) is 0. The van der Waals surface area contributed by atoms with Gasteiger partial charge in [0.1, 0.15) is 0 Å². The van der Waals surface area contributed by atoms with Crippen LogP contribution in [0.25, 0.3) is 0 Å². The molecule has 0 aliphatic heterocycles. The highest BCUT2D eigenvalue weighted by atomic mass is 35.5. The number of nitrogens with zero attached hydrogens (tertiary/aromatic N) is 1. The summed E-state index contributed by atoms with van der Waals surface area (Å²) in [7, 11) is -3.39. The van der Waals surface area contributed by atoms with Gasteiger partial charge in [-0.3, -0.25) is 4.98 Å². The summed E-state index contributed by atoms with van der Waals surface area (Å²) in [6, 6.07) is 2.86. The molecule has 15 heavy (non-hydrogen) atoms.